The molecule has 78 valence electrons. The summed E-state index contributed by atoms with van der Waals surface area (Å²) in [5.41, 5.74) is 0. The fourth-order valence-corrected chi connectivity index (χ4v) is 1.18. The summed E-state index contributed by atoms with van der Waals surface area (Å²) in [5.74, 6) is 1.25. The maximum absolute atomic E-state index is 5.69. The van der Waals surface area contributed by atoms with E-state index < -0.39 is 0 Å². The van der Waals surface area contributed by atoms with Gasteiger partial charge in [-0.15, -0.1) is 0 Å². The molecule has 0 aliphatic rings. The largest absolute Gasteiger partial charge is 0.352 e. The first-order valence-corrected chi connectivity index (χ1v) is 5.25. The summed E-state index contributed by atoms with van der Waals surface area (Å²) in [7, 11) is 0. The van der Waals surface area contributed by atoms with Crippen molar-refractivity contribution in [2.24, 2.45) is 5.92 Å². The van der Waals surface area contributed by atoms with Crippen LogP contribution in [0.5, 0.6) is 0 Å². The molecule has 0 bridgehead atoms. The van der Waals surface area contributed by atoms with Crippen molar-refractivity contribution in [1.82, 2.24) is 9.97 Å². The minimum atomic E-state index is 0.376. The average Bonchev–Trinajstić information content (AvgIpc) is 2.20. The maximum atomic E-state index is 5.69. The third kappa shape index (κ3) is 3.14. The lowest BCUT2D eigenvalue weighted by Gasteiger charge is -2.19. The van der Waals surface area contributed by atoms with Crippen LogP contribution < -0.4 is 5.32 Å². The van der Waals surface area contributed by atoms with Gasteiger partial charge in [0.1, 0.15) is 0 Å². The first kappa shape index (κ1) is 11.2. The Morgan fingerprint density at radius 1 is 1.36 bits per heavy atom. The first-order chi connectivity index (χ1) is 6.63. The summed E-state index contributed by atoms with van der Waals surface area (Å²) < 4.78 is 0. The van der Waals surface area contributed by atoms with Crippen molar-refractivity contribution in [2.45, 2.75) is 33.2 Å². The van der Waals surface area contributed by atoms with Gasteiger partial charge >= 0.3 is 0 Å². The quantitative estimate of drug-likeness (QED) is 0.836. The van der Waals surface area contributed by atoms with E-state index in [1.54, 1.807) is 12.4 Å². The molecule has 1 heterocycles. The van der Waals surface area contributed by atoms with Crippen LogP contribution >= 0.6 is 11.6 Å². The normalized spacial score (nSPS) is 14.9. The Hall–Kier alpha value is -0.830. The van der Waals surface area contributed by atoms with E-state index in [1.807, 2.05) is 0 Å². The second kappa shape index (κ2) is 5.15. The minimum Gasteiger partial charge on any atom is -0.352 e. The van der Waals surface area contributed by atoms with Crippen LogP contribution in [0.25, 0.3) is 0 Å². The van der Waals surface area contributed by atoms with E-state index in [0.717, 1.165) is 6.42 Å². The highest BCUT2D eigenvalue weighted by atomic mass is 35.5. The number of halogens is 1. The third-order valence-corrected chi connectivity index (χ3v) is 2.67. The van der Waals surface area contributed by atoms with Crippen LogP contribution in [0.15, 0.2) is 12.4 Å². The van der Waals surface area contributed by atoms with Gasteiger partial charge in [0.25, 0.3) is 0 Å². The molecule has 2 atom stereocenters. The van der Waals surface area contributed by atoms with Crippen LogP contribution in [0, 0.1) is 5.92 Å². The van der Waals surface area contributed by atoms with E-state index in [0.29, 0.717) is 22.9 Å². The number of hydrogen-bond acceptors (Lipinski definition) is 3. The summed E-state index contributed by atoms with van der Waals surface area (Å²) in [6, 6.07) is 0.376. The Bertz CT molecular complexity index is 273. The predicted molar refractivity (Wildman–Crippen MR) is 59.6 cm³/mol. The van der Waals surface area contributed by atoms with Crippen molar-refractivity contribution in [1.29, 1.82) is 0 Å². The third-order valence-electron chi connectivity index (χ3n) is 2.47. The van der Waals surface area contributed by atoms with Gasteiger partial charge in [-0.1, -0.05) is 31.9 Å². The van der Waals surface area contributed by atoms with Crippen molar-refractivity contribution >= 4 is 17.5 Å². The van der Waals surface area contributed by atoms with E-state index >= 15 is 0 Å². The van der Waals surface area contributed by atoms with Crippen LogP contribution in [0.4, 0.5) is 5.95 Å². The van der Waals surface area contributed by atoms with Gasteiger partial charge in [0.05, 0.1) is 17.4 Å². The van der Waals surface area contributed by atoms with Crippen LogP contribution in [-0.4, -0.2) is 16.0 Å². The average molecular weight is 214 g/mol. The van der Waals surface area contributed by atoms with Crippen molar-refractivity contribution in [3.05, 3.63) is 17.4 Å². The van der Waals surface area contributed by atoms with E-state index in [-0.39, 0.29) is 0 Å². The molecule has 0 aliphatic carbocycles. The van der Waals surface area contributed by atoms with E-state index in [9.17, 15) is 0 Å². The summed E-state index contributed by atoms with van der Waals surface area (Å²) in [6.45, 7) is 6.51. The Labute approximate surface area is 89.9 Å². The zero-order valence-corrected chi connectivity index (χ0v) is 9.54. The van der Waals surface area contributed by atoms with E-state index in [4.69, 9.17) is 11.6 Å². The molecule has 3 nitrogen and oxygen atoms in total. The first-order valence-electron chi connectivity index (χ1n) is 4.87. The van der Waals surface area contributed by atoms with Gasteiger partial charge in [-0.3, -0.25) is 0 Å². The summed E-state index contributed by atoms with van der Waals surface area (Å²) >= 11 is 5.69. The summed E-state index contributed by atoms with van der Waals surface area (Å²) in [4.78, 5) is 8.16. The molecule has 1 aromatic heterocycles. The van der Waals surface area contributed by atoms with Crippen LogP contribution in [0.3, 0.4) is 0 Å². The van der Waals surface area contributed by atoms with E-state index in [2.05, 4.69) is 36.1 Å². The molecular formula is C10H16ClN3. The van der Waals surface area contributed by atoms with Gasteiger partial charge in [-0.25, -0.2) is 9.97 Å². The molecule has 0 amide bonds. The summed E-state index contributed by atoms with van der Waals surface area (Å²) in [6.07, 6.45) is 4.34. The SMILES string of the molecule is CCC(C)C(C)Nc1ncc(Cl)cn1. The molecule has 0 aromatic carbocycles. The standard InChI is InChI=1S/C10H16ClN3/c1-4-7(2)8(3)14-10-12-5-9(11)6-13-10/h5-8H,4H2,1-3H3,(H,12,13,14). The number of rotatable bonds is 4. The number of anilines is 1. The lowest BCUT2D eigenvalue weighted by molar-refractivity contribution is 0.492. The molecule has 0 saturated carbocycles. The van der Waals surface area contributed by atoms with Gasteiger partial charge in [0.2, 0.25) is 5.95 Å². The fourth-order valence-electron chi connectivity index (χ4n) is 1.09. The predicted octanol–water partition coefficient (Wildman–Crippen LogP) is 2.98. The Kier molecular flexibility index (Phi) is 4.14. The smallest absolute Gasteiger partial charge is 0.222 e. The van der Waals surface area contributed by atoms with Crippen molar-refractivity contribution in [2.75, 3.05) is 5.32 Å². The van der Waals surface area contributed by atoms with Gasteiger partial charge in [0.15, 0.2) is 0 Å². The van der Waals surface area contributed by atoms with Gasteiger partial charge in [-0.05, 0) is 12.8 Å². The number of nitrogens with zero attached hydrogens (tertiary/aromatic N) is 2. The molecular weight excluding hydrogens is 198 g/mol. The second-order valence-corrected chi connectivity index (χ2v) is 3.98. The van der Waals surface area contributed by atoms with Crippen molar-refractivity contribution in [3.63, 3.8) is 0 Å². The molecule has 0 aliphatic heterocycles. The zero-order valence-electron chi connectivity index (χ0n) is 8.79. The highest BCUT2D eigenvalue weighted by molar-refractivity contribution is 6.30. The molecule has 1 N–H and O–H groups in total. The Balaban J connectivity index is 2.56. The maximum Gasteiger partial charge on any atom is 0.222 e. The second-order valence-electron chi connectivity index (χ2n) is 3.54. The lowest BCUT2D eigenvalue weighted by Crippen LogP contribution is -2.24. The molecule has 0 fully saturated rings. The van der Waals surface area contributed by atoms with Crippen LogP contribution in [0.1, 0.15) is 27.2 Å². The van der Waals surface area contributed by atoms with Crippen LogP contribution in [0.2, 0.25) is 5.02 Å². The molecule has 14 heavy (non-hydrogen) atoms. The number of nitrogens with one attached hydrogen (secondary N) is 1. The van der Waals surface area contributed by atoms with Gasteiger partial charge in [0, 0.05) is 6.04 Å². The van der Waals surface area contributed by atoms with Crippen molar-refractivity contribution < 1.29 is 0 Å². The summed E-state index contributed by atoms with van der Waals surface area (Å²) in [5, 5.41) is 3.80. The molecule has 1 aromatic rings. The Morgan fingerprint density at radius 3 is 2.43 bits per heavy atom. The minimum absolute atomic E-state index is 0.376. The highest BCUT2D eigenvalue weighted by Crippen LogP contribution is 2.12. The molecule has 2 unspecified atom stereocenters. The number of hydrogen-bond donors (Lipinski definition) is 1. The number of aromatic nitrogens is 2. The lowest BCUT2D eigenvalue weighted by atomic mass is 10.0. The van der Waals surface area contributed by atoms with Crippen molar-refractivity contribution in [3.8, 4) is 0 Å². The Morgan fingerprint density at radius 2 is 1.93 bits per heavy atom. The molecule has 0 spiro atoms. The zero-order chi connectivity index (χ0) is 10.6. The van der Waals surface area contributed by atoms with Gasteiger partial charge < -0.3 is 5.32 Å². The fraction of sp³-hybridized carbons (Fsp3) is 0.600. The van der Waals surface area contributed by atoms with Crippen LogP contribution in [-0.2, 0) is 0 Å². The molecule has 1 rings (SSSR count). The molecule has 4 heteroatoms. The van der Waals surface area contributed by atoms with E-state index in [1.165, 1.54) is 0 Å². The monoisotopic (exact) mass is 213 g/mol. The van der Waals surface area contributed by atoms with Gasteiger partial charge in [-0.2, -0.15) is 0 Å². The highest BCUT2D eigenvalue weighted by Gasteiger charge is 2.10. The topological polar surface area (TPSA) is 37.8 Å². The molecule has 0 saturated heterocycles. The molecule has 0 radical (unpaired) electrons.